The van der Waals surface area contributed by atoms with Crippen LogP contribution in [-0.4, -0.2) is 60.7 Å². The number of carbonyl (C=O) groups excluding carboxylic acids is 2. The number of piperidine rings is 1. The van der Waals surface area contributed by atoms with E-state index < -0.39 is 6.04 Å². The predicted molar refractivity (Wildman–Crippen MR) is 165 cm³/mol. The molecule has 0 saturated carbocycles. The van der Waals surface area contributed by atoms with E-state index in [0.29, 0.717) is 56.1 Å². The Kier molecular flexibility index (Phi) is 9.46. The lowest BCUT2D eigenvalue weighted by molar-refractivity contribution is -0.118. The molecule has 3 aromatic carbocycles. The molecule has 1 fully saturated rings. The highest BCUT2D eigenvalue weighted by Crippen LogP contribution is 2.31. The summed E-state index contributed by atoms with van der Waals surface area (Å²) in [6, 6.07) is 18.2. The van der Waals surface area contributed by atoms with Gasteiger partial charge in [-0.25, -0.2) is 9.18 Å². The second-order valence-corrected chi connectivity index (χ2v) is 10.8. The Morgan fingerprint density at radius 1 is 1.09 bits per heavy atom. The van der Waals surface area contributed by atoms with E-state index in [0.717, 1.165) is 22.0 Å². The van der Waals surface area contributed by atoms with Crippen molar-refractivity contribution >= 4 is 28.5 Å². The molecule has 4 aromatic rings. The molecule has 0 aliphatic carbocycles. The van der Waals surface area contributed by atoms with Gasteiger partial charge in [-0.2, -0.15) is 0 Å². The Hall–Kier alpha value is -4.57. The van der Waals surface area contributed by atoms with Crippen molar-refractivity contribution in [2.75, 3.05) is 32.1 Å². The molecule has 0 radical (unpaired) electrons. The molecule has 0 bridgehead atoms. The molecule has 5 rings (SSSR count). The summed E-state index contributed by atoms with van der Waals surface area (Å²) >= 11 is 0. The van der Waals surface area contributed by atoms with E-state index in [1.165, 1.54) is 12.1 Å². The first kappa shape index (κ1) is 29.9. The van der Waals surface area contributed by atoms with Crippen LogP contribution in [-0.2, 0) is 11.2 Å². The number of likely N-dealkylation sites (tertiary alicyclic amines) is 1. The lowest BCUT2D eigenvalue weighted by Crippen LogP contribution is -2.53. The summed E-state index contributed by atoms with van der Waals surface area (Å²) in [6.07, 6.45) is 3.68. The molecule has 0 spiro atoms. The van der Waals surface area contributed by atoms with Crippen molar-refractivity contribution in [3.05, 3.63) is 89.9 Å². The smallest absolute Gasteiger partial charge is 0.318 e. The maximum absolute atomic E-state index is 13.9. The van der Waals surface area contributed by atoms with Crippen LogP contribution in [0.15, 0.2) is 72.9 Å². The summed E-state index contributed by atoms with van der Waals surface area (Å²) in [7, 11) is 1.55. The predicted octanol–water partition coefficient (Wildman–Crippen LogP) is 5.18. The number of hydrogen-bond donors (Lipinski definition) is 4. The van der Waals surface area contributed by atoms with Crippen LogP contribution in [0.2, 0.25) is 0 Å². The molecule has 2 atom stereocenters. The number of urea groups is 1. The van der Waals surface area contributed by atoms with E-state index in [4.69, 9.17) is 15.2 Å². The average molecular weight is 588 g/mol. The van der Waals surface area contributed by atoms with E-state index >= 15 is 0 Å². The molecule has 3 amide bonds. The minimum atomic E-state index is -0.886. The van der Waals surface area contributed by atoms with Crippen LogP contribution in [0.5, 0.6) is 11.5 Å². The Morgan fingerprint density at radius 2 is 1.84 bits per heavy atom. The highest BCUT2D eigenvalue weighted by Gasteiger charge is 2.33. The van der Waals surface area contributed by atoms with Gasteiger partial charge in [0.15, 0.2) is 0 Å². The van der Waals surface area contributed by atoms with Crippen LogP contribution >= 0.6 is 0 Å². The number of para-hydroxylation sites is 1. The number of methoxy groups -OCH3 is 1. The van der Waals surface area contributed by atoms with Gasteiger partial charge < -0.3 is 35.7 Å². The minimum Gasteiger partial charge on any atom is -0.495 e. The van der Waals surface area contributed by atoms with Crippen LogP contribution in [0.25, 0.3) is 10.9 Å². The van der Waals surface area contributed by atoms with Crippen molar-refractivity contribution in [2.24, 2.45) is 5.73 Å². The van der Waals surface area contributed by atoms with Crippen molar-refractivity contribution in [3.8, 4) is 11.5 Å². The van der Waals surface area contributed by atoms with Gasteiger partial charge in [-0.15, -0.1) is 0 Å². The monoisotopic (exact) mass is 587 g/mol. The number of fused-ring (bicyclic) bond motifs is 1. The van der Waals surface area contributed by atoms with Crippen molar-refractivity contribution in [1.29, 1.82) is 0 Å². The number of aromatic amines is 1. The molecule has 2 heterocycles. The maximum Gasteiger partial charge on any atom is 0.318 e. The number of amides is 3. The normalized spacial score (nSPS) is 15.1. The third kappa shape index (κ3) is 7.09. The van der Waals surface area contributed by atoms with Gasteiger partial charge in [0, 0.05) is 48.9 Å². The number of nitrogens with zero attached hydrogens (tertiary/aromatic N) is 1. The summed E-state index contributed by atoms with van der Waals surface area (Å²) in [4.78, 5) is 32.5. The number of carbonyl (C=O) groups is 2. The van der Waals surface area contributed by atoms with Crippen LogP contribution in [0, 0.1) is 5.82 Å². The van der Waals surface area contributed by atoms with Crippen molar-refractivity contribution < 1.29 is 23.5 Å². The Balaban J connectivity index is 1.33. The fraction of sp³-hybridized carbons (Fsp3) is 0.333. The number of nitrogens with two attached hydrogens (primary N) is 1. The number of nitrogens with one attached hydrogen (secondary N) is 3. The second kappa shape index (κ2) is 13.6. The van der Waals surface area contributed by atoms with Gasteiger partial charge in [-0.1, -0.05) is 31.2 Å². The third-order valence-corrected chi connectivity index (χ3v) is 7.97. The second-order valence-electron chi connectivity index (χ2n) is 10.8. The van der Waals surface area contributed by atoms with E-state index in [2.05, 4.69) is 15.6 Å². The number of hydrogen-bond acceptors (Lipinski definition) is 5. The van der Waals surface area contributed by atoms with Crippen LogP contribution in [0.1, 0.15) is 36.8 Å². The quantitative estimate of drug-likeness (QED) is 0.204. The molecule has 0 unspecified atom stereocenters. The summed E-state index contributed by atoms with van der Waals surface area (Å²) in [5.41, 5.74) is 9.11. The molecule has 9 nitrogen and oxygen atoms in total. The molecule has 1 aliphatic rings. The number of anilines is 1. The van der Waals surface area contributed by atoms with Crippen molar-refractivity contribution in [3.63, 3.8) is 0 Å². The number of ether oxygens (including phenoxy) is 2. The highest BCUT2D eigenvalue weighted by molar-refractivity contribution is 5.99. The van der Waals surface area contributed by atoms with Gasteiger partial charge in [-0.05, 0) is 66.6 Å². The zero-order valence-corrected chi connectivity index (χ0v) is 24.4. The molecular formula is C33H38FN5O4. The third-order valence-electron chi connectivity index (χ3n) is 7.97. The largest absolute Gasteiger partial charge is 0.495 e. The number of H-pyrrole nitrogens is 1. The molecule has 43 heavy (non-hydrogen) atoms. The van der Waals surface area contributed by atoms with E-state index in [9.17, 15) is 14.0 Å². The zero-order valence-electron chi connectivity index (χ0n) is 24.4. The molecular weight excluding hydrogens is 549 g/mol. The summed E-state index contributed by atoms with van der Waals surface area (Å²) in [5, 5.41) is 7.02. The minimum absolute atomic E-state index is 0.0907. The van der Waals surface area contributed by atoms with Gasteiger partial charge in [-0.3, -0.25) is 4.79 Å². The van der Waals surface area contributed by atoms with Crippen molar-refractivity contribution in [1.82, 2.24) is 15.2 Å². The molecule has 5 N–H and O–H groups in total. The number of rotatable bonds is 10. The molecule has 10 heteroatoms. The van der Waals surface area contributed by atoms with Gasteiger partial charge >= 0.3 is 6.03 Å². The number of benzene rings is 3. The van der Waals surface area contributed by atoms with E-state index in [1.807, 2.05) is 49.5 Å². The summed E-state index contributed by atoms with van der Waals surface area (Å²) in [5.74, 6) is 0.0734. The Bertz CT molecular complexity index is 1550. The molecule has 1 saturated heterocycles. The van der Waals surface area contributed by atoms with E-state index in [-0.39, 0.29) is 29.8 Å². The first-order chi connectivity index (χ1) is 20.9. The fourth-order valence-corrected chi connectivity index (χ4v) is 5.56. The zero-order chi connectivity index (χ0) is 30.3. The van der Waals surface area contributed by atoms with Crippen molar-refractivity contribution in [2.45, 2.75) is 44.2 Å². The standard InChI is InChI=1S/C33H38FN5O4/c1-21(27-20-36-28-6-4-3-5-26(27)28)31(32(40)37-29-19-22(13-16-35)7-12-30(29)42-2)38-33(41)39-17-14-25(15-18-39)43-24-10-8-23(34)9-11-24/h3-12,19-21,25,31,36H,13-18,35H2,1-2H3,(H,37,40)(H,38,41)/t21-,31+/m0/s1. The van der Waals surface area contributed by atoms with Crippen LogP contribution in [0.3, 0.4) is 0 Å². The van der Waals surface area contributed by atoms with Crippen LogP contribution in [0.4, 0.5) is 14.9 Å². The maximum atomic E-state index is 13.9. The van der Waals surface area contributed by atoms with Gasteiger partial charge in [0.1, 0.15) is 29.5 Å². The SMILES string of the molecule is COc1ccc(CCN)cc1NC(=O)[C@H](NC(=O)N1CCC(Oc2ccc(F)cc2)CC1)[C@@H](C)c1c[nH]c2ccccc12. The summed E-state index contributed by atoms with van der Waals surface area (Å²) < 4.78 is 24.7. The Labute approximate surface area is 250 Å². The number of aromatic nitrogens is 1. The first-order valence-corrected chi connectivity index (χ1v) is 14.6. The lowest BCUT2D eigenvalue weighted by Gasteiger charge is -2.34. The Morgan fingerprint density at radius 3 is 2.56 bits per heavy atom. The lowest BCUT2D eigenvalue weighted by atomic mass is 9.92. The van der Waals surface area contributed by atoms with Gasteiger partial charge in [0.2, 0.25) is 5.91 Å². The van der Waals surface area contributed by atoms with Gasteiger partial charge in [0.25, 0.3) is 0 Å². The topological polar surface area (TPSA) is 122 Å². The van der Waals surface area contributed by atoms with E-state index in [1.54, 1.807) is 30.2 Å². The van der Waals surface area contributed by atoms with Crippen LogP contribution < -0.4 is 25.8 Å². The average Bonchev–Trinajstić information content (AvgIpc) is 3.45. The first-order valence-electron chi connectivity index (χ1n) is 14.6. The molecule has 1 aliphatic heterocycles. The molecule has 226 valence electrons. The summed E-state index contributed by atoms with van der Waals surface area (Å²) in [6.45, 7) is 3.33. The fourth-order valence-electron chi connectivity index (χ4n) is 5.56. The number of halogens is 1. The van der Waals surface area contributed by atoms with Gasteiger partial charge in [0.05, 0.1) is 12.8 Å². The molecule has 1 aromatic heterocycles. The highest BCUT2D eigenvalue weighted by atomic mass is 19.1.